The minimum absolute atomic E-state index is 0.0727. The van der Waals surface area contributed by atoms with Gasteiger partial charge in [-0.25, -0.2) is 14.9 Å². The molecule has 0 fully saturated rings. The monoisotopic (exact) mass is 414 g/mol. The van der Waals surface area contributed by atoms with E-state index in [0.29, 0.717) is 11.3 Å². The molecule has 1 aromatic carbocycles. The number of aromatic nitrogens is 2. The Balaban J connectivity index is 2.01. The van der Waals surface area contributed by atoms with Gasteiger partial charge in [0.15, 0.2) is 5.76 Å². The maximum absolute atomic E-state index is 11.4. The van der Waals surface area contributed by atoms with E-state index in [2.05, 4.69) is 15.6 Å². The summed E-state index contributed by atoms with van der Waals surface area (Å²) in [6.45, 7) is 1.79. The van der Waals surface area contributed by atoms with Crippen LogP contribution < -0.4 is 5.43 Å². The molecule has 3 rings (SSSR count). The smallest absolute Gasteiger partial charge is 0.433 e. The van der Waals surface area contributed by atoms with Crippen LogP contribution in [0, 0.1) is 20.2 Å². The Morgan fingerprint density at radius 3 is 2.77 bits per heavy atom. The van der Waals surface area contributed by atoms with E-state index >= 15 is 0 Å². The van der Waals surface area contributed by atoms with Gasteiger partial charge in [0, 0.05) is 23.9 Å². The number of nitrogens with zero attached hydrogens (tertiary/aromatic N) is 5. The molecule has 154 valence electrons. The average Bonchev–Trinajstić information content (AvgIpc) is 3.35. The van der Waals surface area contributed by atoms with Crippen LogP contribution in [0.3, 0.4) is 0 Å². The third-order valence-corrected chi connectivity index (χ3v) is 3.69. The second-order valence-electron chi connectivity index (χ2n) is 5.64. The Morgan fingerprint density at radius 2 is 2.10 bits per heavy atom. The standard InChI is InChI=1S/C17H14N6O7/c1-2-29-17(24)19-18-9-11-10-21(12-4-3-5-13(8-12)22(25)26)20-16(11)14-6-7-15(30-14)23(27)28/h3-10H,2H2,1H3,(H,19,24). The van der Waals surface area contributed by atoms with E-state index in [1.54, 1.807) is 13.0 Å². The number of carbonyl (C=O) groups excluding carboxylic acids is 1. The number of nitrogens with one attached hydrogen (secondary N) is 1. The van der Waals surface area contributed by atoms with Crippen LogP contribution in [0.1, 0.15) is 12.5 Å². The van der Waals surface area contributed by atoms with Crippen molar-refractivity contribution in [3.63, 3.8) is 0 Å². The molecule has 0 aliphatic rings. The van der Waals surface area contributed by atoms with E-state index in [-0.39, 0.29) is 23.7 Å². The number of ether oxygens (including phenoxy) is 1. The number of carbonyl (C=O) groups is 1. The molecule has 13 nitrogen and oxygen atoms in total. The first-order valence-corrected chi connectivity index (χ1v) is 8.44. The zero-order valence-electron chi connectivity index (χ0n) is 15.4. The first kappa shape index (κ1) is 20.2. The van der Waals surface area contributed by atoms with Crippen molar-refractivity contribution >= 4 is 23.9 Å². The van der Waals surface area contributed by atoms with E-state index < -0.39 is 21.8 Å². The van der Waals surface area contributed by atoms with Crippen molar-refractivity contribution in [2.45, 2.75) is 6.92 Å². The number of benzene rings is 1. The zero-order chi connectivity index (χ0) is 21.7. The van der Waals surface area contributed by atoms with Crippen LogP contribution in [0.4, 0.5) is 16.4 Å². The van der Waals surface area contributed by atoms with E-state index in [1.165, 1.54) is 47.4 Å². The molecular weight excluding hydrogens is 400 g/mol. The lowest BCUT2D eigenvalue weighted by molar-refractivity contribution is -0.401. The van der Waals surface area contributed by atoms with E-state index in [0.717, 1.165) is 0 Å². The number of amides is 1. The zero-order valence-corrected chi connectivity index (χ0v) is 15.4. The summed E-state index contributed by atoms with van der Waals surface area (Å²) >= 11 is 0. The van der Waals surface area contributed by atoms with Crippen LogP contribution in [0.15, 0.2) is 52.1 Å². The Kier molecular flexibility index (Phi) is 5.81. The van der Waals surface area contributed by atoms with Gasteiger partial charge in [0.05, 0.1) is 29.5 Å². The first-order valence-electron chi connectivity index (χ1n) is 8.44. The third kappa shape index (κ3) is 4.46. The fourth-order valence-electron chi connectivity index (χ4n) is 2.43. The largest absolute Gasteiger partial charge is 0.449 e. The SMILES string of the molecule is CCOC(=O)NN=Cc1cn(-c2cccc([N+](=O)[O-])c2)nc1-c1ccc([N+](=O)[O-])o1. The quantitative estimate of drug-likeness (QED) is 0.349. The van der Waals surface area contributed by atoms with Crippen LogP contribution in [0.5, 0.6) is 0 Å². The number of nitro groups is 2. The van der Waals surface area contributed by atoms with E-state index in [1.807, 2.05) is 0 Å². The molecule has 0 unspecified atom stereocenters. The van der Waals surface area contributed by atoms with Gasteiger partial charge in [0.1, 0.15) is 10.6 Å². The molecule has 0 radical (unpaired) electrons. The predicted molar refractivity (Wildman–Crippen MR) is 102 cm³/mol. The number of hydrazone groups is 1. The average molecular weight is 414 g/mol. The van der Waals surface area contributed by atoms with E-state index in [4.69, 9.17) is 9.15 Å². The van der Waals surface area contributed by atoms with Gasteiger partial charge in [0.25, 0.3) is 5.69 Å². The molecule has 2 aromatic heterocycles. The summed E-state index contributed by atoms with van der Waals surface area (Å²) in [5, 5.41) is 30.0. The van der Waals surface area contributed by atoms with Gasteiger partial charge in [-0.1, -0.05) is 6.07 Å². The van der Waals surface area contributed by atoms with Crippen LogP contribution in [-0.2, 0) is 4.74 Å². The highest BCUT2D eigenvalue weighted by molar-refractivity contribution is 5.88. The molecule has 0 saturated carbocycles. The second kappa shape index (κ2) is 8.64. The van der Waals surface area contributed by atoms with Crippen molar-refractivity contribution in [2.24, 2.45) is 5.10 Å². The molecule has 13 heteroatoms. The van der Waals surface area contributed by atoms with Crippen molar-refractivity contribution in [1.82, 2.24) is 15.2 Å². The molecule has 0 bridgehead atoms. The fraction of sp³-hybridized carbons (Fsp3) is 0.118. The van der Waals surface area contributed by atoms with Gasteiger partial charge >= 0.3 is 12.0 Å². The Bertz CT molecular complexity index is 1130. The lowest BCUT2D eigenvalue weighted by atomic mass is 10.2. The maximum atomic E-state index is 11.4. The van der Waals surface area contributed by atoms with Crippen molar-refractivity contribution in [2.75, 3.05) is 6.61 Å². The van der Waals surface area contributed by atoms with Crippen LogP contribution in [0.2, 0.25) is 0 Å². The van der Waals surface area contributed by atoms with Crippen molar-refractivity contribution in [3.8, 4) is 17.1 Å². The topological polar surface area (TPSA) is 168 Å². The summed E-state index contributed by atoms with van der Waals surface area (Å²) in [7, 11) is 0. The molecule has 2 heterocycles. The summed E-state index contributed by atoms with van der Waals surface area (Å²) in [5.74, 6) is -0.411. The normalized spacial score (nSPS) is 10.8. The fourth-order valence-corrected chi connectivity index (χ4v) is 2.43. The minimum Gasteiger partial charge on any atom is -0.449 e. The molecule has 30 heavy (non-hydrogen) atoms. The molecule has 0 aliphatic heterocycles. The molecular formula is C17H14N6O7. The lowest BCUT2D eigenvalue weighted by Crippen LogP contribution is -2.18. The number of nitro benzene ring substituents is 1. The number of hydrogen-bond donors (Lipinski definition) is 1. The van der Waals surface area contributed by atoms with Gasteiger partial charge in [-0.15, -0.1) is 0 Å². The summed E-state index contributed by atoms with van der Waals surface area (Å²) in [4.78, 5) is 32.1. The van der Waals surface area contributed by atoms with Crippen molar-refractivity contribution in [1.29, 1.82) is 0 Å². The van der Waals surface area contributed by atoms with Gasteiger partial charge in [-0.05, 0) is 19.1 Å². The summed E-state index contributed by atoms with van der Waals surface area (Å²) in [6, 6.07) is 8.23. The highest BCUT2D eigenvalue weighted by atomic mass is 16.6. The van der Waals surface area contributed by atoms with Crippen LogP contribution >= 0.6 is 0 Å². The molecule has 0 aliphatic carbocycles. The van der Waals surface area contributed by atoms with Gasteiger partial charge in [-0.3, -0.25) is 20.2 Å². The van der Waals surface area contributed by atoms with Gasteiger partial charge in [0.2, 0.25) is 0 Å². The summed E-state index contributed by atoms with van der Waals surface area (Å²) in [6.07, 6.45) is 1.94. The number of non-ortho nitro benzene ring substituents is 1. The second-order valence-corrected chi connectivity index (χ2v) is 5.64. The van der Waals surface area contributed by atoms with Gasteiger partial charge < -0.3 is 9.15 Å². The Labute approximate surface area is 167 Å². The Morgan fingerprint density at radius 1 is 1.30 bits per heavy atom. The number of furan rings is 1. The molecule has 0 spiro atoms. The van der Waals surface area contributed by atoms with Crippen LogP contribution in [-0.4, -0.2) is 38.5 Å². The minimum atomic E-state index is -0.769. The highest BCUT2D eigenvalue weighted by Gasteiger charge is 2.19. The number of hydrogen-bond acceptors (Lipinski definition) is 9. The van der Waals surface area contributed by atoms with Crippen LogP contribution in [0.25, 0.3) is 17.1 Å². The third-order valence-electron chi connectivity index (χ3n) is 3.69. The maximum Gasteiger partial charge on any atom is 0.433 e. The molecule has 0 atom stereocenters. The summed E-state index contributed by atoms with van der Waals surface area (Å²) < 4.78 is 11.2. The molecule has 0 saturated heterocycles. The summed E-state index contributed by atoms with van der Waals surface area (Å²) in [5.41, 5.74) is 2.87. The lowest BCUT2D eigenvalue weighted by Gasteiger charge is -2.00. The van der Waals surface area contributed by atoms with Crippen molar-refractivity contribution < 1.29 is 23.8 Å². The van der Waals surface area contributed by atoms with Gasteiger partial charge in [-0.2, -0.15) is 10.2 Å². The van der Waals surface area contributed by atoms with E-state index in [9.17, 15) is 25.0 Å². The van der Waals surface area contributed by atoms with Crippen molar-refractivity contribution in [3.05, 3.63) is 68.4 Å². The first-order chi connectivity index (χ1) is 14.4. The number of rotatable bonds is 7. The Hall–Kier alpha value is -4.55. The molecule has 3 aromatic rings. The molecule has 1 N–H and O–H groups in total. The highest BCUT2D eigenvalue weighted by Crippen LogP contribution is 2.28. The predicted octanol–water partition coefficient (Wildman–Crippen LogP) is 3.03. The molecule has 1 amide bonds.